The summed E-state index contributed by atoms with van der Waals surface area (Å²) in [4.78, 5) is 11.5. The van der Waals surface area contributed by atoms with E-state index in [1.165, 1.54) is 0 Å². The van der Waals surface area contributed by atoms with Crippen molar-refractivity contribution in [2.75, 3.05) is 0 Å². The lowest BCUT2D eigenvalue weighted by Gasteiger charge is -2.23. The smallest absolute Gasteiger partial charge is 0.309 e. The highest BCUT2D eigenvalue weighted by molar-refractivity contribution is 5.77. The highest BCUT2D eigenvalue weighted by Gasteiger charge is 2.68. The first-order valence-corrected chi connectivity index (χ1v) is 5.24. The van der Waals surface area contributed by atoms with Crippen LogP contribution in [0.1, 0.15) is 27.2 Å². The summed E-state index contributed by atoms with van der Waals surface area (Å²) < 4.78 is 5.45. The molecule has 5 atom stereocenters. The van der Waals surface area contributed by atoms with Crippen LogP contribution in [0, 0.1) is 29.1 Å². The molecule has 3 fully saturated rings. The Morgan fingerprint density at radius 2 is 2.15 bits per heavy atom. The molecule has 72 valence electrons. The summed E-state index contributed by atoms with van der Waals surface area (Å²) in [6, 6.07) is 0. The monoisotopic (exact) mass is 180 g/mol. The summed E-state index contributed by atoms with van der Waals surface area (Å²) in [5, 5.41) is 0. The van der Waals surface area contributed by atoms with Crippen LogP contribution in [-0.4, -0.2) is 12.1 Å². The van der Waals surface area contributed by atoms with Crippen LogP contribution in [-0.2, 0) is 9.53 Å². The Morgan fingerprint density at radius 1 is 1.46 bits per heavy atom. The van der Waals surface area contributed by atoms with E-state index in [-0.39, 0.29) is 18.0 Å². The van der Waals surface area contributed by atoms with Crippen LogP contribution in [0.3, 0.4) is 0 Å². The van der Waals surface area contributed by atoms with E-state index in [0.29, 0.717) is 23.2 Å². The van der Waals surface area contributed by atoms with Gasteiger partial charge in [0.05, 0.1) is 5.92 Å². The second-order valence-corrected chi connectivity index (χ2v) is 5.56. The van der Waals surface area contributed by atoms with Gasteiger partial charge in [0.15, 0.2) is 0 Å². The third kappa shape index (κ3) is 0.660. The molecule has 0 radical (unpaired) electrons. The van der Waals surface area contributed by atoms with Crippen molar-refractivity contribution in [2.24, 2.45) is 29.1 Å². The fourth-order valence-corrected chi connectivity index (χ4v) is 4.24. The Bertz CT molecular complexity index is 282. The van der Waals surface area contributed by atoms with Gasteiger partial charge >= 0.3 is 5.97 Å². The van der Waals surface area contributed by atoms with E-state index >= 15 is 0 Å². The molecule has 1 saturated heterocycles. The van der Waals surface area contributed by atoms with Crippen LogP contribution in [0.25, 0.3) is 0 Å². The number of esters is 1. The van der Waals surface area contributed by atoms with Crippen molar-refractivity contribution in [2.45, 2.75) is 33.3 Å². The molecule has 1 heterocycles. The molecule has 3 aliphatic rings. The van der Waals surface area contributed by atoms with Crippen LogP contribution in [0.5, 0.6) is 0 Å². The highest BCUT2D eigenvalue weighted by Crippen LogP contribution is 2.66. The molecule has 2 saturated carbocycles. The summed E-state index contributed by atoms with van der Waals surface area (Å²) >= 11 is 0. The molecule has 0 aromatic heterocycles. The molecule has 2 nitrogen and oxygen atoms in total. The molecule has 0 N–H and O–H groups in total. The zero-order chi connectivity index (χ0) is 9.38. The molecular weight excluding hydrogens is 164 g/mol. The minimum Gasteiger partial charge on any atom is -0.462 e. The zero-order valence-electron chi connectivity index (χ0n) is 8.41. The number of carbonyl (C=O) groups excluding carboxylic acids is 1. The Kier molecular flexibility index (Phi) is 1.17. The summed E-state index contributed by atoms with van der Waals surface area (Å²) in [7, 11) is 0. The number of hydrogen-bond donors (Lipinski definition) is 0. The van der Waals surface area contributed by atoms with E-state index < -0.39 is 0 Å². The Balaban J connectivity index is 2.10. The second-order valence-electron chi connectivity index (χ2n) is 5.56. The van der Waals surface area contributed by atoms with Crippen molar-refractivity contribution in [1.29, 1.82) is 0 Å². The number of fused-ring (bicyclic) bond motifs is 1. The van der Waals surface area contributed by atoms with Gasteiger partial charge in [-0.2, -0.15) is 0 Å². The molecule has 3 rings (SSSR count). The number of ether oxygens (including phenoxy) is 1. The van der Waals surface area contributed by atoms with Crippen LogP contribution in [0.2, 0.25) is 0 Å². The van der Waals surface area contributed by atoms with E-state index in [9.17, 15) is 4.79 Å². The average molecular weight is 180 g/mol. The van der Waals surface area contributed by atoms with Crippen LogP contribution < -0.4 is 0 Å². The second kappa shape index (κ2) is 1.94. The lowest BCUT2D eigenvalue weighted by atomic mass is 9.80. The SMILES string of the molecule is CC1C2OC(=O)C3CC1C(C)(C)C32. The van der Waals surface area contributed by atoms with E-state index in [0.717, 1.165) is 6.42 Å². The molecule has 13 heavy (non-hydrogen) atoms. The molecular formula is C11H16O2. The van der Waals surface area contributed by atoms with E-state index in [1.807, 2.05) is 0 Å². The summed E-state index contributed by atoms with van der Waals surface area (Å²) in [5.41, 5.74) is 0.334. The summed E-state index contributed by atoms with van der Waals surface area (Å²) in [5.74, 6) is 2.12. The van der Waals surface area contributed by atoms with Gasteiger partial charge in [0, 0.05) is 5.92 Å². The largest absolute Gasteiger partial charge is 0.462 e. The fraction of sp³-hybridized carbons (Fsp3) is 0.909. The molecule has 1 aliphatic heterocycles. The topological polar surface area (TPSA) is 26.3 Å². The first-order valence-electron chi connectivity index (χ1n) is 5.24. The zero-order valence-corrected chi connectivity index (χ0v) is 8.41. The Labute approximate surface area is 78.6 Å². The van der Waals surface area contributed by atoms with E-state index in [4.69, 9.17) is 4.74 Å². The Morgan fingerprint density at radius 3 is 2.69 bits per heavy atom. The molecule has 2 heteroatoms. The molecule has 0 aromatic carbocycles. The molecule has 2 aliphatic carbocycles. The van der Waals surface area contributed by atoms with Gasteiger partial charge in [0.1, 0.15) is 6.10 Å². The maximum Gasteiger partial charge on any atom is 0.309 e. The van der Waals surface area contributed by atoms with Crippen molar-refractivity contribution < 1.29 is 9.53 Å². The molecule has 0 amide bonds. The first-order chi connectivity index (χ1) is 6.03. The van der Waals surface area contributed by atoms with Crippen molar-refractivity contribution in [3.05, 3.63) is 0 Å². The number of hydrogen-bond acceptors (Lipinski definition) is 2. The number of carbonyl (C=O) groups is 1. The lowest BCUT2D eigenvalue weighted by molar-refractivity contribution is -0.144. The van der Waals surface area contributed by atoms with Gasteiger partial charge in [0.2, 0.25) is 0 Å². The summed E-state index contributed by atoms with van der Waals surface area (Å²) in [6.45, 7) is 6.85. The maximum atomic E-state index is 11.5. The van der Waals surface area contributed by atoms with Crippen LogP contribution in [0.15, 0.2) is 0 Å². The van der Waals surface area contributed by atoms with Gasteiger partial charge in [-0.1, -0.05) is 20.8 Å². The van der Waals surface area contributed by atoms with E-state index in [1.54, 1.807) is 0 Å². The fourth-order valence-electron chi connectivity index (χ4n) is 4.24. The molecule has 0 aromatic rings. The minimum absolute atomic E-state index is 0.0786. The molecule has 2 bridgehead atoms. The maximum absolute atomic E-state index is 11.5. The summed E-state index contributed by atoms with van der Waals surface area (Å²) in [6.07, 6.45) is 1.32. The minimum atomic E-state index is 0.0786. The van der Waals surface area contributed by atoms with Gasteiger partial charge < -0.3 is 4.74 Å². The predicted octanol–water partition coefficient (Wildman–Crippen LogP) is 1.84. The molecule has 0 spiro atoms. The predicted molar refractivity (Wildman–Crippen MR) is 47.9 cm³/mol. The van der Waals surface area contributed by atoms with Gasteiger partial charge in [-0.3, -0.25) is 4.79 Å². The average Bonchev–Trinajstić information content (AvgIpc) is 2.51. The highest BCUT2D eigenvalue weighted by atomic mass is 16.6. The van der Waals surface area contributed by atoms with Gasteiger partial charge in [-0.05, 0) is 23.7 Å². The molecule has 5 unspecified atom stereocenters. The number of rotatable bonds is 0. The quantitative estimate of drug-likeness (QED) is 0.532. The normalized spacial score (nSPS) is 55.6. The van der Waals surface area contributed by atoms with E-state index in [2.05, 4.69) is 20.8 Å². The van der Waals surface area contributed by atoms with Crippen molar-refractivity contribution >= 4 is 5.97 Å². The van der Waals surface area contributed by atoms with Crippen molar-refractivity contribution in [3.63, 3.8) is 0 Å². The van der Waals surface area contributed by atoms with Crippen molar-refractivity contribution in [1.82, 2.24) is 0 Å². The van der Waals surface area contributed by atoms with Crippen LogP contribution >= 0.6 is 0 Å². The standard InChI is InChI=1S/C11H16O2/c1-5-7-4-6-8(11(7,2)3)9(5)13-10(6)12/h5-9H,4H2,1-3H3. The van der Waals surface area contributed by atoms with Crippen LogP contribution in [0.4, 0.5) is 0 Å². The Hall–Kier alpha value is -0.530. The lowest BCUT2D eigenvalue weighted by Crippen LogP contribution is -2.25. The third-order valence-corrected chi connectivity index (χ3v) is 4.82. The first kappa shape index (κ1) is 7.84. The van der Waals surface area contributed by atoms with Gasteiger partial charge in [-0.25, -0.2) is 0 Å². The third-order valence-electron chi connectivity index (χ3n) is 4.82. The van der Waals surface area contributed by atoms with Crippen molar-refractivity contribution in [3.8, 4) is 0 Å². The van der Waals surface area contributed by atoms with Gasteiger partial charge in [-0.15, -0.1) is 0 Å². The van der Waals surface area contributed by atoms with Gasteiger partial charge in [0.25, 0.3) is 0 Å².